The summed E-state index contributed by atoms with van der Waals surface area (Å²) in [5, 5.41) is 9.61. The van der Waals surface area contributed by atoms with Gasteiger partial charge in [0.1, 0.15) is 0 Å². The second-order valence-electron chi connectivity index (χ2n) is 8.18. The summed E-state index contributed by atoms with van der Waals surface area (Å²) in [5.41, 5.74) is 4.07. The highest BCUT2D eigenvalue weighted by Gasteiger charge is 2.17. The lowest BCUT2D eigenvalue weighted by molar-refractivity contribution is -0.139. The van der Waals surface area contributed by atoms with Gasteiger partial charge >= 0.3 is 11.8 Å². The maximum absolute atomic E-state index is 12.3. The van der Waals surface area contributed by atoms with Crippen LogP contribution in [-0.2, 0) is 20.9 Å². The first-order valence-corrected chi connectivity index (χ1v) is 13.4. The lowest BCUT2D eigenvalue weighted by Crippen LogP contribution is -2.37. The lowest BCUT2D eigenvalue weighted by atomic mass is 10.2. The molecule has 208 valence electrons. The average Bonchev–Trinajstić information content (AvgIpc) is 3.39. The second-order valence-corrected chi connectivity index (χ2v) is 9.78. The first-order valence-electron chi connectivity index (χ1n) is 12.0. The van der Waals surface area contributed by atoms with Crippen LogP contribution in [-0.4, -0.2) is 43.9 Å². The van der Waals surface area contributed by atoms with Crippen molar-refractivity contribution in [3.63, 3.8) is 0 Å². The molecule has 0 radical (unpaired) electrons. The molecule has 13 heteroatoms. The molecule has 1 heterocycles. The Balaban J connectivity index is 1.31. The molecule has 1 aliphatic rings. The minimum atomic E-state index is -0.928. The van der Waals surface area contributed by atoms with Crippen LogP contribution in [0.15, 0.2) is 59.7 Å². The Labute approximate surface area is 248 Å². The summed E-state index contributed by atoms with van der Waals surface area (Å²) in [6.45, 7) is 2.18. The fourth-order valence-electron chi connectivity index (χ4n) is 3.50. The van der Waals surface area contributed by atoms with Crippen LogP contribution >= 0.6 is 34.2 Å². The molecular formula is C27H24ClIN4O7. The fraction of sp³-hybridized carbons (Fsp3) is 0.185. The molecule has 0 unspecified atom stereocenters. The van der Waals surface area contributed by atoms with Crippen LogP contribution in [0.5, 0.6) is 23.0 Å². The zero-order valence-corrected chi connectivity index (χ0v) is 24.1. The average molecular weight is 679 g/mol. The van der Waals surface area contributed by atoms with Gasteiger partial charge in [-0.2, -0.15) is 5.10 Å². The molecule has 0 aliphatic carbocycles. The predicted molar refractivity (Wildman–Crippen MR) is 156 cm³/mol. The van der Waals surface area contributed by atoms with Crippen molar-refractivity contribution in [1.29, 1.82) is 0 Å². The van der Waals surface area contributed by atoms with Gasteiger partial charge in [0.2, 0.25) is 6.79 Å². The quantitative estimate of drug-likeness (QED) is 0.128. The largest absolute Gasteiger partial charge is 0.490 e. The maximum atomic E-state index is 12.3. The molecule has 3 N–H and O–H groups in total. The first-order chi connectivity index (χ1) is 19.3. The molecule has 0 saturated carbocycles. The molecule has 3 aromatic carbocycles. The Hall–Kier alpha value is -4.04. The van der Waals surface area contributed by atoms with E-state index in [0.29, 0.717) is 49.4 Å². The summed E-state index contributed by atoms with van der Waals surface area (Å²) in [7, 11) is 0. The normalized spacial score (nSPS) is 11.7. The monoisotopic (exact) mass is 678 g/mol. The lowest BCUT2D eigenvalue weighted by Gasteiger charge is -2.14. The van der Waals surface area contributed by atoms with Crippen LogP contribution in [0.4, 0.5) is 5.69 Å². The van der Waals surface area contributed by atoms with Gasteiger partial charge in [-0.25, -0.2) is 5.43 Å². The van der Waals surface area contributed by atoms with E-state index in [1.165, 1.54) is 6.21 Å². The Bertz CT molecular complexity index is 1450. The van der Waals surface area contributed by atoms with E-state index in [2.05, 4.69) is 21.2 Å². The number of nitrogens with zero attached hydrogens (tertiary/aromatic N) is 1. The van der Waals surface area contributed by atoms with Gasteiger partial charge in [0.15, 0.2) is 29.6 Å². The molecular weight excluding hydrogens is 655 g/mol. The van der Waals surface area contributed by atoms with Crippen molar-refractivity contribution in [2.45, 2.75) is 13.5 Å². The van der Waals surface area contributed by atoms with E-state index in [4.69, 9.17) is 30.5 Å². The van der Waals surface area contributed by atoms with Crippen LogP contribution in [0.3, 0.4) is 0 Å². The zero-order chi connectivity index (χ0) is 28.5. The van der Waals surface area contributed by atoms with Crippen molar-refractivity contribution in [2.75, 3.05) is 25.3 Å². The predicted octanol–water partition coefficient (Wildman–Crippen LogP) is 3.86. The van der Waals surface area contributed by atoms with E-state index >= 15 is 0 Å². The number of fused-ring (bicyclic) bond motifs is 1. The fourth-order valence-corrected chi connectivity index (χ4v) is 4.47. The molecule has 0 saturated heterocycles. The van der Waals surface area contributed by atoms with E-state index in [9.17, 15) is 14.4 Å². The zero-order valence-electron chi connectivity index (χ0n) is 21.2. The molecule has 3 aromatic rings. The molecule has 1 aliphatic heterocycles. The summed E-state index contributed by atoms with van der Waals surface area (Å²) in [5.74, 6) is -0.165. The van der Waals surface area contributed by atoms with Crippen LogP contribution in [0.25, 0.3) is 0 Å². The minimum Gasteiger partial charge on any atom is -0.490 e. The molecule has 0 aromatic heterocycles. The number of benzene rings is 3. The standard InChI is InChI=1S/C27H24ClIN4O7/c1-2-37-23-10-17(8-20(29)25(23)38-14-24(34)32-19-5-3-4-18(28)11-19)13-31-33-27(36)26(35)30-12-16-6-7-21-22(9-16)40-15-39-21/h3-11,13H,2,12,14-15H2,1H3,(H,30,35)(H,32,34)(H,33,36)/b31-13-. The van der Waals surface area contributed by atoms with Crippen LogP contribution in [0.2, 0.25) is 5.02 Å². The number of halogens is 2. The van der Waals surface area contributed by atoms with Crippen molar-refractivity contribution in [1.82, 2.24) is 10.7 Å². The molecule has 11 nitrogen and oxygen atoms in total. The molecule has 0 spiro atoms. The van der Waals surface area contributed by atoms with E-state index in [0.717, 1.165) is 5.56 Å². The van der Waals surface area contributed by atoms with E-state index in [1.807, 2.05) is 29.5 Å². The van der Waals surface area contributed by atoms with Crippen molar-refractivity contribution in [2.24, 2.45) is 5.10 Å². The number of hydrogen-bond acceptors (Lipinski definition) is 8. The third kappa shape index (κ3) is 7.99. The Morgan fingerprint density at radius 2 is 1.88 bits per heavy atom. The number of carbonyl (C=O) groups is 3. The third-order valence-corrected chi connectivity index (χ3v) is 6.30. The van der Waals surface area contributed by atoms with Gasteiger partial charge in [0.05, 0.1) is 16.4 Å². The van der Waals surface area contributed by atoms with Gasteiger partial charge in [-0.1, -0.05) is 23.7 Å². The maximum Gasteiger partial charge on any atom is 0.329 e. The van der Waals surface area contributed by atoms with Gasteiger partial charge in [0, 0.05) is 17.3 Å². The molecule has 0 atom stereocenters. The Kier molecular flexibility index (Phi) is 10.0. The number of ether oxygens (including phenoxy) is 4. The smallest absolute Gasteiger partial charge is 0.329 e. The highest BCUT2D eigenvalue weighted by molar-refractivity contribution is 14.1. The van der Waals surface area contributed by atoms with Crippen molar-refractivity contribution in [3.8, 4) is 23.0 Å². The highest BCUT2D eigenvalue weighted by atomic mass is 127. The summed E-state index contributed by atoms with van der Waals surface area (Å²) in [6.07, 6.45) is 1.36. The van der Waals surface area contributed by atoms with Crippen molar-refractivity contribution < 1.29 is 33.3 Å². The van der Waals surface area contributed by atoms with E-state index < -0.39 is 11.8 Å². The second kappa shape index (κ2) is 13.8. The number of anilines is 1. The Morgan fingerprint density at radius 3 is 2.67 bits per heavy atom. The van der Waals surface area contributed by atoms with Crippen molar-refractivity contribution >= 4 is 63.8 Å². The summed E-state index contributed by atoms with van der Waals surface area (Å²) in [6, 6.07) is 15.4. The third-order valence-electron chi connectivity index (χ3n) is 5.26. The van der Waals surface area contributed by atoms with Gasteiger partial charge in [-0.15, -0.1) is 0 Å². The number of amides is 3. The van der Waals surface area contributed by atoms with Crippen LogP contribution < -0.4 is 35.0 Å². The van der Waals surface area contributed by atoms with Gasteiger partial charge in [-0.3, -0.25) is 14.4 Å². The van der Waals surface area contributed by atoms with Crippen LogP contribution in [0, 0.1) is 3.57 Å². The minimum absolute atomic E-state index is 0.126. The van der Waals surface area contributed by atoms with Gasteiger partial charge in [-0.05, 0) is 83.1 Å². The van der Waals surface area contributed by atoms with Crippen LogP contribution in [0.1, 0.15) is 18.1 Å². The Morgan fingerprint density at radius 1 is 1.05 bits per heavy atom. The number of nitrogens with one attached hydrogen (secondary N) is 3. The van der Waals surface area contributed by atoms with Crippen molar-refractivity contribution in [3.05, 3.63) is 74.3 Å². The van der Waals surface area contributed by atoms with E-state index in [1.54, 1.807) is 54.6 Å². The number of rotatable bonds is 10. The highest BCUT2D eigenvalue weighted by Crippen LogP contribution is 2.34. The summed E-state index contributed by atoms with van der Waals surface area (Å²) >= 11 is 8.00. The molecule has 0 bridgehead atoms. The summed E-state index contributed by atoms with van der Waals surface area (Å²) < 4.78 is 22.6. The summed E-state index contributed by atoms with van der Waals surface area (Å²) in [4.78, 5) is 36.7. The number of hydrazone groups is 1. The SMILES string of the molecule is CCOc1cc(/C=N\NC(=O)C(=O)NCc2ccc3c(c2)OCO3)cc(I)c1OCC(=O)Nc1cccc(Cl)c1. The number of hydrogen-bond donors (Lipinski definition) is 3. The molecule has 4 rings (SSSR count). The molecule has 0 fully saturated rings. The number of carbonyl (C=O) groups excluding carboxylic acids is 3. The van der Waals surface area contributed by atoms with Gasteiger partial charge in [0.25, 0.3) is 5.91 Å². The molecule has 40 heavy (non-hydrogen) atoms. The topological polar surface area (TPSA) is 137 Å². The first kappa shape index (κ1) is 29.0. The molecule has 3 amide bonds. The van der Waals surface area contributed by atoms with E-state index in [-0.39, 0.29) is 25.9 Å². The van der Waals surface area contributed by atoms with Gasteiger partial charge < -0.3 is 29.6 Å².